The Morgan fingerprint density at radius 2 is 2.12 bits per heavy atom. The number of ether oxygens (including phenoxy) is 1. The minimum absolute atomic E-state index is 0.0279. The van der Waals surface area contributed by atoms with E-state index in [1.807, 2.05) is 18.9 Å². The van der Waals surface area contributed by atoms with Gasteiger partial charge in [-0.25, -0.2) is 15.0 Å². The Morgan fingerprint density at radius 1 is 1.38 bits per heavy atom. The third kappa shape index (κ3) is 4.49. The zero-order valence-electron chi connectivity index (χ0n) is 13.6. The number of hydrogen-bond acceptors (Lipinski definition) is 7. The molecule has 2 heterocycles. The number of fused-ring (bicyclic) bond motifs is 1. The smallest absolute Gasteiger partial charge is 0.350 e. The van der Waals surface area contributed by atoms with Crippen LogP contribution in [0.5, 0.6) is 0 Å². The van der Waals surface area contributed by atoms with Crippen molar-refractivity contribution in [2.24, 2.45) is 0 Å². The fraction of sp³-hybridized carbons (Fsp3) is 0.615. The molecule has 24 heavy (non-hydrogen) atoms. The fourth-order valence-corrected chi connectivity index (χ4v) is 2.64. The molecular formula is C13H22N5O5P. The molecule has 134 valence electrons. The highest BCUT2D eigenvalue weighted by Gasteiger charge is 2.20. The second-order valence-electron chi connectivity index (χ2n) is 5.37. The van der Waals surface area contributed by atoms with Gasteiger partial charge in [-0.05, 0) is 13.3 Å². The van der Waals surface area contributed by atoms with Crippen LogP contribution in [0.15, 0.2) is 12.7 Å². The average Bonchev–Trinajstić information content (AvgIpc) is 2.96. The normalized spacial score (nSPS) is 13.4. The average molecular weight is 359 g/mol. The predicted molar refractivity (Wildman–Crippen MR) is 87.9 cm³/mol. The lowest BCUT2D eigenvalue weighted by Crippen LogP contribution is -2.19. The van der Waals surface area contributed by atoms with Gasteiger partial charge in [-0.15, -0.1) is 0 Å². The Kier molecular flexibility index (Phi) is 6.25. The maximum absolute atomic E-state index is 10.9. The molecule has 0 saturated heterocycles. The number of nitrogens with zero attached hydrogens (tertiary/aromatic N) is 5. The number of imidazole rings is 1. The summed E-state index contributed by atoms with van der Waals surface area (Å²) in [6, 6.07) is -0.346. The lowest BCUT2D eigenvalue weighted by atomic mass is 10.2. The zero-order valence-corrected chi connectivity index (χ0v) is 14.5. The Balaban J connectivity index is 2.28. The number of hydrogen-bond donors (Lipinski definition) is 3. The van der Waals surface area contributed by atoms with E-state index < -0.39 is 13.9 Å². The molecular weight excluding hydrogens is 337 g/mol. The van der Waals surface area contributed by atoms with E-state index in [0.29, 0.717) is 23.4 Å². The van der Waals surface area contributed by atoms with E-state index in [1.54, 1.807) is 10.9 Å². The summed E-state index contributed by atoms with van der Waals surface area (Å²) in [5.74, 6) is 0.695. The number of aromatic nitrogens is 4. The van der Waals surface area contributed by atoms with Crippen molar-refractivity contribution in [3.63, 3.8) is 0 Å². The van der Waals surface area contributed by atoms with Crippen LogP contribution in [0.4, 0.5) is 5.82 Å². The molecule has 0 bridgehead atoms. The SMILES string of the molecule is CCN(C)c1ncnc2c1ncn2C(CCO)COCP(=O)(O)O. The van der Waals surface area contributed by atoms with Gasteiger partial charge in [0, 0.05) is 20.2 Å². The van der Waals surface area contributed by atoms with Crippen molar-refractivity contribution in [3.8, 4) is 0 Å². The third-order valence-corrected chi connectivity index (χ3v) is 4.12. The van der Waals surface area contributed by atoms with Gasteiger partial charge in [0.05, 0.1) is 19.0 Å². The van der Waals surface area contributed by atoms with Crippen LogP contribution in [0, 0.1) is 0 Å². The topological polar surface area (TPSA) is 134 Å². The van der Waals surface area contributed by atoms with E-state index in [0.717, 1.165) is 6.54 Å². The first-order valence-electron chi connectivity index (χ1n) is 7.49. The quantitative estimate of drug-likeness (QED) is 0.542. The number of aliphatic hydroxyl groups excluding tert-OH is 1. The minimum atomic E-state index is -4.23. The summed E-state index contributed by atoms with van der Waals surface area (Å²) >= 11 is 0. The minimum Gasteiger partial charge on any atom is -0.396 e. The zero-order chi connectivity index (χ0) is 17.7. The van der Waals surface area contributed by atoms with Crippen LogP contribution in [0.3, 0.4) is 0 Å². The molecule has 0 spiro atoms. The highest BCUT2D eigenvalue weighted by Crippen LogP contribution is 2.34. The largest absolute Gasteiger partial charge is 0.396 e. The van der Waals surface area contributed by atoms with Crippen molar-refractivity contribution < 1.29 is 24.2 Å². The van der Waals surface area contributed by atoms with Crippen LogP contribution in [0.25, 0.3) is 11.2 Å². The number of aliphatic hydroxyl groups is 1. The molecule has 2 aromatic heterocycles. The summed E-state index contributed by atoms with van der Waals surface area (Å²) in [6.45, 7) is 2.68. The molecule has 0 aliphatic heterocycles. The third-order valence-electron chi connectivity index (χ3n) is 3.60. The maximum atomic E-state index is 10.9. The molecule has 3 N–H and O–H groups in total. The van der Waals surface area contributed by atoms with Crippen LogP contribution in [0.1, 0.15) is 19.4 Å². The van der Waals surface area contributed by atoms with E-state index in [-0.39, 0.29) is 19.3 Å². The summed E-state index contributed by atoms with van der Waals surface area (Å²) in [4.78, 5) is 32.5. The monoisotopic (exact) mass is 359 g/mol. The van der Waals surface area contributed by atoms with E-state index in [4.69, 9.17) is 14.5 Å². The molecule has 11 heteroatoms. The van der Waals surface area contributed by atoms with Crippen LogP contribution in [0.2, 0.25) is 0 Å². The second kappa shape index (κ2) is 8.00. The summed E-state index contributed by atoms with van der Waals surface area (Å²) in [5, 5.41) is 9.26. The Bertz CT molecular complexity index is 718. The van der Waals surface area contributed by atoms with E-state index in [1.165, 1.54) is 6.33 Å². The second-order valence-corrected chi connectivity index (χ2v) is 6.95. The van der Waals surface area contributed by atoms with Gasteiger partial charge < -0.3 is 29.1 Å². The van der Waals surface area contributed by atoms with Crippen molar-refractivity contribution >= 4 is 24.6 Å². The Hall–Kier alpha value is -1.58. The molecule has 0 aromatic carbocycles. The molecule has 0 aliphatic rings. The molecule has 0 fully saturated rings. The molecule has 0 aliphatic carbocycles. The highest BCUT2D eigenvalue weighted by molar-refractivity contribution is 7.51. The van der Waals surface area contributed by atoms with Gasteiger partial charge in [0.1, 0.15) is 12.7 Å². The first-order valence-corrected chi connectivity index (χ1v) is 9.29. The first-order chi connectivity index (χ1) is 11.4. The molecule has 0 amide bonds. The standard InChI is InChI=1S/C13H22N5O5P/c1-3-17(2)12-11-13(15-7-14-12)18(8-16-11)10(4-5-19)6-23-9-24(20,21)22/h7-8,10,19H,3-6,9H2,1-2H3,(H2,20,21,22). The van der Waals surface area contributed by atoms with Crippen LogP contribution >= 0.6 is 7.60 Å². The van der Waals surface area contributed by atoms with Crippen molar-refractivity contribution in [1.29, 1.82) is 0 Å². The fourth-order valence-electron chi connectivity index (χ4n) is 2.30. The van der Waals surface area contributed by atoms with Crippen molar-refractivity contribution in [3.05, 3.63) is 12.7 Å². The number of rotatable bonds is 9. The van der Waals surface area contributed by atoms with Gasteiger partial charge in [-0.1, -0.05) is 0 Å². The number of anilines is 1. The van der Waals surface area contributed by atoms with Crippen molar-refractivity contribution in [2.45, 2.75) is 19.4 Å². The van der Waals surface area contributed by atoms with E-state index in [9.17, 15) is 9.67 Å². The van der Waals surface area contributed by atoms with Crippen LogP contribution < -0.4 is 4.90 Å². The van der Waals surface area contributed by atoms with Crippen molar-refractivity contribution in [1.82, 2.24) is 19.5 Å². The molecule has 1 atom stereocenters. The lowest BCUT2D eigenvalue weighted by molar-refractivity contribution is 0.112. The van der Waals surface area contributed by atoms with E-state index >= 15 is 0 Å². The summed E-state index contributed by atoms with van der Waals surface area (Å²) in [7, 11) is -2.33. The Morgan fingerprint density at radius 3 is 2.75 bits per heavy atom. The van der Waals surface area contributed by atoms with Gasteiger partial charge in [0.2, 0.25) is 0 Å². The lowest BCUT2D eigenvalue weighted by Gasteiger charge is -2.19. The summed E-state index contributed by atoms with van der Waals surface area (Å²) < 4.78 is 17.7. The van der Waals surface area contributed by atoms with Gasteiger partial charge in [0.15, 0.2) is 17.0 Å². The van der Waals surface area contributed by atoms with Crippen LogP contribution in [-0.4, -0.2) is 67.6 Å². The molecule has 0 saturated carbocycles. The summed E-state index contributed by atoms with van der Waals surface area (Å²) in [6.07, 6.45) is 2.69. The first kappa shape index (κ1) is 18.8. The van der Waals surface area contributed by atoms with Crippen LogP contribution in [-0.2, 0) is 9.30 Å². The maximum Gasteiger partial charge on any atom is 0.350 e. The molecule has 2 rings (SSSR count). The van der Waals surface area contributed by atoms with Crippen molar-refractivity contribution in [2.75, 3.05) is 38.1 Å². The van der Waals surface area contributed by atoms with Gasteiger partial charge in [0.25, 0.3) is 0 Å². The molecule has 10 nitrogen and oxygen atoms in total. The predicted octanol–water partition coefficient (Wildman–Crippen LogP) is 0.358. The molecule has 0 radical (unpaired) electrons. The molecule has 2 aromatic rings. The molecule has 1 unspecified atom stereocenters. The van der Waals surface area contributed by atoms with Gasteiger partial charge in [-0.3, -0.25) is 4.57 Å². The Labute approximate surface area is 139 Å². The van der Waals surface area contributed by atoms with Gasteiger partial charge in [-0.2, -0.15) is 0 Å². The van der Waals surface area contributed by atoms with E-state index in [2.05, 4.69) is 15.0 Å². The van der Waals surface area contributed by atoms with Gasteiger partial charge >= 0.3 is 7.60 Å². The highest BCUT2D eigenvalue weighted by atomic mass is 31.2. The summed E-state index contributed by atoms with van der Waals surface area (Å²) in [5.41, 5.74) is 1.21.